The van der Waals surface area contributed by atoms with Crippen molar-refractivity contribution in [1.82, 2.24) is 24.9 Å². The van der Waals surface area contributed by atoms with Crippen LogP contribution in [0.3, 0.4) is 0 Å². The first-order valence-corrected chi connectivity index (χ1v) is 8.68. The maximum absolute atomic E-state index is 13.2. The van der Waals surface area contributed by atoms with E-state index in [-0.39, 0.29) is 11.6 Å². The number of H-pyrrole nitrogens is 1. The summed E-state index contributed by atoms with van der Waals surface area (Å²) in [6.45, 7) is 2.03. The molecule has 2 aromatic heterocycles. The van der Waals surface area contributed by atoms with Gasteiger partial charge in [-0.3, -0.25) is 9.89 Å². The quantitative estimate of drug-likeness (QED) is 0.581. The Morgan fingerprint density at radius 1 is 1.08 bits per heavy atom. The summed E-state index contributed by atoms with van der Waals surface area (Å²) in [4.78, 5) is 15.5. The first-order valence-electron chi connectivity index (χ1n) is 8.68. The molecule has 1 fully saturated rings. The summed E-state index contributed by atoms with van der Waals surface area (Å²) in [6.07, 6.45) is 3.66. The van der Waals surface area contributed by atoms with Crippen molar-refractivity contribution in [2.24, 2.45) is 0 Å². The van der Waals surface area contributed by atoms with Crippen molar-refractivity contribution in [2.45, 2.75) is 18.9 Å². The van der Waals surface area contributed by atoms with Gasteiger partial charge in [-0.05, 0) is 57.2 Å². The Bertz CT molecular complexity index is 1150. The zero-order valence-corrected chi connectivity index (χ0v) is 14.1. The molecule has 0 unspecified atom stereocenters. The van der Waals surface area contributed by atoms with Crippen LogP contribution in [0.4, 0.5) is 0 Å². The highest BCUT2D eigenvalue weighted by Crippen LogP contribution is 2.30. The molecule has 6 heteroatoms. The van der Waals surface area contributed by atoms with Crippen molar-refractivity contribution in [3.05, 3.63) is 46.9 Å². The van der Waals surface area contributed by atoms with Gasteiger partial charge in [0, 0.05) is 16.2 Å². The lowest BCUT2D eigenvalue weighted by Crippen LogP contribution is -2.36. The number of hydrogen-bond acceptors (Lipinski definition) is 4. The first kappa shape index (κ1) is 14.6. The Hall–Kier alpha value is -2.73. The second kappa shape index (κ2) is 5.39. The van der Waals surface area contributed by atoms with Crippen molar-refractivity contribution in [1.29, 1.82) is 0 Å². The van der Waals surface area contributed by atoms with Gasteiger partial charge in [0.25, 0.3) is 5.56 Å². The molecule has 126 valence electrons. The highest BCUT2D eigenvalue weighted by atomic mass is 16.1. The maximum Gasteiger partial charge on any atom is 0.273 e. The highest BCUT2D eigenvalue weighted by Gasteiger charge is 2.21. The highest BCUT2D eigenvalue weighted by molar-refractivity contribution is 6.17. The third kappa shape index (κ3) is 2.17. The average Bonchev–Trinajstić information content (AvgIpc) is 2.97. The van der Waals surface area contributed by atoms with E-state index in [1.165, 1.54) is 0 Å². The number of piperidine rings is 1. The fraction of sp³-hybridized carbons (Fsp3) is 0.316. The van der Waals surface area contributed by atoms with E-state index in [9.17, 15) is 4.79 Å². The van der Waals surface area contributed by atoms with E-state index < -0.39 is 0 Å². The van der Waals surface area contributed by atoms with Gasteiger partial charge in [0.2, 0.25) is 0 Å². The van der Waals surface area contributed by atoms with Crippen LogP contribution < -0.4 is 5.56 Å². The van der Waals surface area contributed by atoms with Gasteiger partial charge in [-0.25, -0.2) is 4.68 Å². The number of hydrogen-bond donors (Lipinski definition) is 1. The van der Waals surface area contributed by atoms with Crippen LogP contribution in [0.1, 0.15) is 18.9 Å². The van der Waals surface area contributed by atoms with Crippen LogP contribution >= 0.6 is 0 Å². The molecule has 0 aliphatic carbocycles. The fourth-order valence-electron chi connectivity index (χ4n) is 4.00. The van der Waals surface area contributed by atoms with Crippen LogP contribution in [0, 0.1) is 0 Å². The molecule has 25 heavy (non-hydrogen) atoms. The summed E-state index contributed by atoms with van der Waals surface area (Å²) >= 11 is 0. The lowest BCUT2D eigenvalue weighted by molar-refractivity contribution is 0.209. The Kier molecular flexibility index (Phi) is 3.15. The van der Waals surface area contributed by atoms with E-state index in [1.54, 1.807) is 6.20 Å². The molecule has 0 spiro atoms. The molecule has 0 amide bonds. The second-order valence-electron chi connectivity index (χ2n) is 6.94. The monoisotopic (exact) mass is 333 g/mol. The van der Waals surface area contributed by atoms with E-state index in [0.717, 1.165) is 58.5 Å². The molecular weight excluding hydrogens is 314 g/mol. The molecule has 1 aliphatic heterocycles. The van der Waals surface area contributed by atoms with Crippen LogP contribution in [0.25, 0.3) is 32.6 Å². The summed E-state index contributed by atoms with van der Waals surface area (Å²) in [5.74, 6) is 0. The summed E-state index contributed by atoms with van der Waals surface area (Å²) < 4.78 is 1.83. The summed E-state index contributed by atoms with van der Waals surface area (Å²) in [7, 11) is 2.13. The molecule has 0 bridgehead atoms. The van der Waals surface area contributed by atoms with Crippen molar-refractivity contribution >= 4 is 32.6 Å². The fourth-order valence-corrected chi connectivity index (χ4v) is 4.00. The predicted octanol–water partition coefficient (Wildman–Crippen LogP) is 2.69. The van der Waals surface area contributed by atoms with Gasteiger partial charge in [-0.1, -0.05) is 6.07 Å². The molecule has 3 heterocycles. The maximum atomic E-state index is 13.2. The van der Waals surface area contributed by atoms with Crippen molar-refractivity contribution in [3.63, 3.8) is 0 Å². The van der Waals surface area contributed by atoms with Crippen molar-refractivity contribution in [2.75, 3.05) is 20.1 Å². The van der Waals surface area contributed by atoms with Crippen LogP contribution in [0.15, 0.2) is 41.3 Å². The molecule has 2 aromatic carbocycles. The van der Waals surface area contributed by atoms with Gasteiger partial charge in [0.15, 0.2) is 0 Å². The summed E-state index contributed by atoms with van der Waals surface area (Å²) in [6, 6.07) is 10.1. The molecule has 0 radical (unpaired) electrons. The zero-order chi connectivity index (χ0) is 17.0. The van der Waals surface area contributed by atoms with Crippen molar-refractivity contribution in [3.8, 4) is 0 Å². The molecule has 0 saturated carbocycles. The largest absolute Gasteiger partial charge is 0.306 e. The van der Waals surface area contributed by atoms with Crippen LogP contribution in [-0.4, -0.2) is 45.0 Å². The van der Waals surface area contributed by atoms with Gasteiger partial charge in [0.05, 0.1) is 23.1 Å². The molecular formula is C19H19N5O. The van der Waals surface area contributed by atoms with E-state index in [2.05, 4.69) is 27.2 Å². The SMILES string of the molecule is CN1CCC(n2[nH]c3ccc4c5nnccc5ccc(c2=O)c34)CC1. The van der Waals surface area contributed by atoms with E-state index in [1.807, 2.05) is 35.0 Å². The third-order valence-corrected chi connectivity index (χ3v) is 5.40. The molecule has 4 aromatic rings. The first-order chi connectivity index (χ1) is 12.2. The molecule has 6 nitrogen and oxygen atoms in total. The predicted molar refractivity (Wildman–Crippen MR) is 98.9 cm³/mol. The number of likely N-dealkylation sites (tertiary alicyclic amines) is 1. The van der Waals surface area contributed by atoms with Crippen molar-refractivity contribution < 1.29 is 0 Å². The van der Waals surface area contributed by atoms with E-state index >= 15 is 0 Å². The number of aromatic amines is 1. The number of nitrogens with one attached hydrogen (secondary N) is 1. The minimum Gasteiger partial charge on any atom is -0.306 e. The van der Waals surface area contributed by atoms with Gasteiger partial charge in [-0.2, -0.15) is 5.10 Å². The standard InChI is InChI=1S/C19H19N5O/c1-23-10-7-13(8-11-23)24-19(25)15-3-2-12-6-9-20-21-18(12)14-4-5-16(22-24)17(14)15/h2-6,9,13,22H,7-8,10-11H2,1H3. The second-order valence-corrected chi connectivity index (χ2v) is 6.94. The average molecular weight is 333 g/mol. The van der Waals surface area contributed by atoms with Crippen LogP contribution in [0.2, 0.25) is 0 Å². The Morgan fingerprint density at radius 2 is 1.88 bits per heavy atom. The number of aromatic nitrogens is 4. The lowest BCUT2D eigenvalue weighted by atomic mass is 10.1. The summed E-state index contributed by atoms with van der Waals surface area (Å²) in [5.41, 5.74) is 1.86. The Morgan fingerprint density at radius 3 is 2.72 bits per heavy atom. The minimum atomic E-state index is 0.0477. The minimum absolute atomic E-state index is 0.0477. The Balaban J connectivity index is 1.83. The molecule has 1 N–H and O–H groups in total. The van der Waals surface area contributed by atoms with Gasteiger partial charge in [-0.15, -0.1) is 5.10 Å². The number of rotatable bonds is 1. The van der Waals surface area contributed by atoms with E-state index in [0.29, 0.717) is 0 Å². The smallest absolute Gasteiger partial charge is 0.273 e. The molecule has 1 saturated heterocycles. The third-order valence-electron chi connectivity index (χ3n) is 5.40. The topological polar surface area (TPSA) is 66.8 Å². The normalized spacial score (nSPS) is 17.0. The lowest BCUT2D eigenvalue weighted by Gasteiger charge is -2.30. The van der Waals surface area contributed by atoms with E-state index in [4.69, 9.17) is 0 Å². The Labute approximate surface area is 144 Å². The summed E-state index contributed by atoms with van der Waals surface area (Å²) in [5, 5.41) is 15.3. The van der Waals surface area contributed by atoms with Crippen LogP contribution in [0.5, 0.6) is 0 Å². The number of fused-ring (bicyclic) bond motifs is 2. The molecule has 1 aliphatic rings. The van der Waals surface area contributed by atoms with Gasteiger partial charge >= 0.3 is 0 Å². The number of nitrogens with zero attached hydrogens (tertiary/aromatic N) is 4. The van der Waals surface area contributed by atoms with Crippen LogP contribution in [-0.2, 0) is 0 Å². The molecule has 5 rings (SSSR count). The zero-order valence-electron chi connectivity index (χ0n) is 14.1. The van der Waals surface area contributed by atoms with Gasteiger partial charge < -0.3 is 4.90 Å². The van der Waals surface area contributed by atoms with Gasteiger partial charge in [0.1, 0.15) is 5.52 Å². The molecule has 0 atom stereocenters.